The van der Waals surface area contributed by atoms with E-state index in [1.54, 1.807) is 0 Å². The third kappa shape index (κ3) is 5.54. The van der Waals surface area contributed by atoms with Crippen LogP contribution < -0.4 is 10.1 Å². The van der Waals surface area contributed by atoms with E-state index in [-0.39, 0.29) is 12.0 Å². The van der Waals surface area contributed by atoms with Gasteiger partial charge in [0, 0.05) is 23.7 Å². The minimum Gasteiger partial charge on any atom is -0.489 e. The first kappa shape index (κ1) is 22.6. The summed E-state index contributed by atoms with van der Waals surface area (Å²) in [6.45, 7) is 6.33. The number of aryl methyl sites for hydroxylation is 2. The van der Waals surface area contributed by atoms with E-state index in [1.165, 1.54) is 16.7 Å². The topological polar surface area (TPSA) is 67.8 Å². The first-order valence-electron chi connectivity index (χ1n) is 10.5. The smallest absolute Gasteiger partial charge is 0.304 e. The second kappa shape index (κ2) is 10.3. The van der Waals surface area contributed by atoms with Crippen LogP contribution in [0.15, 0.2) is 36.4 Å². The molecule has 0 radical (unpaired) electrons. The summed E-state index contributed by atoms with van der Waals surface area (Å²) >= 11 is 6.37. The predicted molar refractivity (Wildman–Crippen MR) is 118 cm³/mol. The zero-order valence-corrected chi connectivity index (χ0v) is 18.4. The van der Waals surface area contributed by atoms with Gasteiger partial charge in [0.15, 0.2) is 0 Å². The Bertz CT molecular complexity index is 886. The quantitative estimate of drug-likeness (QED) is 0.504. The Hall–Kier alpha value is -2.08. The van der Waals surface area contributed by atoms with Gasteiger partial charge in [0.1, 0.15) is 12.4 Å². The van der Waals surface area contributed by atoms with Gasteiger partial charge in [0.05, 0.1) is 18.6 Å². The molecule has 0 unspecified atom stereocenters. The minimum atomic E-state index is -0.793. The first-order valence-corrected chi connectivity index (χ1v) is 10.9. The molecule has 162 valence electrons. The molecule has 0 saturated carbocycles. The maximum absolute atomic E-state index is 10.5. The summed E-state index contributed by atoms with van der Waals surface area (Å²) in [6.07, 6.45) is 2.91. The van der Waals surface area contributed by atoms with Crippen molar-refractivity contribution < 1.29 is 19.4 Å². The number of carboxylic acids is 1. The molecule has 6 heteroatoms. The van der Waals surface area contributed by atoms with Crippen LogP contribution in [0.2, 0.25) is 5.02 Å². The number of carbonyl (C=O) groups is 1. The average Bonchev–Trinajstić information content (AvgIpc) is 3.05. The third-order valence-electron chi connectivity index (χ3n) is 5.71. The molecule has 0 bridgehead atoms. The monoisotopic (exact) mass is 431 g/mol. The number of benzene rings is 2. The number of ether oxygens (including phenoxy) is 2. The number of nitrogens with one attached hydrogen (secondary N) is 1. The van der Waals surface area contributed by atoms with Crippen molar-refractivity contribution in [2.75, 3.05) is 19.7 Å². The summed E-state index contributed by atoms with van der Waals surface area (Å²) in [5.74, 6) is 0.0499. The Balaban J connectivity index is 1.57. The van der Waals surface area contributed by atoms with Crippen molar-refractivity contribution in [2.24, 2.45) is 0 Å². The van der Waals surface area contributed by atoms with E-state index in [9.17, 15) is 4.79 Å². The van der Waals surface area contributed by atoms with Gasteiger partial charge in [-0.15, -0.1) is 0 Å². The summed E-state index contributed by atoms with van der Waals surface area (Å²) < 4.78 is 12.2. The zero-order chi connectivity index (χ0) is 21.6. The Morgan fingerprint density at radius 3 is 2.87 bits per heavy atom. The van der Waals surface area contributed by atoms with Crippen LogP contribution in [0.4, 0.5) is 0 Å². The van der Waals surface area contributed by atoms with Crippen molar-refractivity contribution in [3.63, 3.8) is 0 Å². The summed E-state index contributed by atoms with van der Waals surface area (Å²) in [5.41, 5.74) is 4.39. The number of fused-ring (bicyclic) bond motifs is 1. The molecule has 1 aliphatic rings. The lowest BCUT2D eigenvalue weighted by molar-refractivity contribution is -0.136. The molecule has 1 atom stereocenters. The number of rotatable bonds is 11. The largest absolute Gasteiger partial charge is 0.489 e. The van der Waals surface area contributed by atoms with E-state index >= 15 is 0 Å². The molecule has 2 aromatic rings. The van der Waals surface area contributed by atoms with Gasteiger partial charge in [-0.05, 0) is 61.1 Å². The second-order valence-corrected chi connectivity index (χ2v) is 8.22. The average molecular weight is 432 g/mol. The SMILES string of the molecule is CCc1cccc(Cl)c1COc1ccc2c(c1)CC[C@@]2(C)OCCNCCC(=O)O. The molecule has 0 amide bonds. The van der Waals surface area contributed by atoms with E-state index in [1.807, 2.05) is 18.2 Å². The van der Waals surface area contributed by atoms with Gasteiger partial charge in [-0.25, -0.2) is 0 Å². The van der Waals surface area contributed by atoms with Crippen molar-refractivity contribution in [3.05, 3.63) is 63.7 Å². The second-order valence-electron chi connectivity index (χ2n) is 7.81. The Labute approximate surface area is 183 Å². The summed E-state index contributed by atoms with van der Waals surface area (Å²) in [4.78, 5) is 10.5. The minimum absolute atomic E-state index is 0.122. The van der Waals surface area contributed by atoms with Gasteiger partial charge >= 0.3 is 5.97 Å². The Morgan fingerprint density at radius 1 is 1.27 bits per heavy atom. The molecule has 30 heavy (non-hydrogen) atoms. The highest BCUT2D eigenvalue weighted by atomic mass is 35.5. The zero-order valence-electron chi connectivity index (χ0n) is 17.7. The molecule has 1 aliphatic carbocycles. The molecule has 0 aromatic heterocycles. The van der Waals surface area contributed by atoms with Crippen LogP contribution >= 0.6 is 11.6 Å². The Kier molecular flexibility index (Phi) is 7.75. The highest BCUT2D eigenvalue weighted by molar-refractivity contribution is 6.31. The maximum Gasteiger partial charge on any atom is 0.304 e. The lowest BCUT2D eigenvalue weighted by Gasteiger charge is -2.26. The molecule has 0 saturated heterocycles. The van der Waals surface area contributed by atoms with E-state index < -0.39 is 5.97 Å². The number of aliphatic carboxylic acids is 1. The molecule has 2 N–H and O–H groups in total. The molecule has 2 aromatic carbocycles. The van der Waals surface area contributed by atoms with Crippen LogP contribution in [-0.4, -0.2) is 30.8 Å². The first-order chi connectivity index (χ1) is 14.4. The van der Waals surface area contributed by atoms with Crippen molar-refractivity contribution in [3.8, 4) is 5.75 Å². The fraction of sp³-hybridized carbons (Fsp3) is 0.458. The van der Waals surface area contributed by atoms with Gasteiger partial charge < -0.3 is 19.9 Å². The van der Waals surface area contributed by atoms with Gasteiger partial charge in [-0.2, -0.15) is 0 Å². The molecule has 0 heterocycles. The van der Waals surface area contributed by atoms with E-state index in [0.717, 1.165) is 35.6 Å². The number of hydrogen-bond acceptors (Lipinski definition) is 4. The van der Waals surface area contributed by atoms with Crippen LogP contribution in [0.3, 0.4) is 0 Å². The normalized spacial score (nSPS) is 17.7. The highest BCUT2D eigenvalue weighted by Gasteiger charge is 2.35. The van der Waals surface area contributed by atoms with Crippen molar-refractivity contribution >= 4 is 17.6 Å². The highest BCUT2D eigenvalue weighted by Crippen LogP contribution is 2.41. The molecule has 0 aliphatic heterocycles. The number of hydrogen-bond donors (Lipinski definition) is 2. The van der Waals surface area contributed by atoms with Crippen LogP contribution in [0.1, 0.15) is 48.9 Å². The van der Waals surface area contributed by atoms with E-state index in [4.69, 9.17) is 26.2 Å². The maximum atomic E-state index is 10.5. The van der Waals surface area contributed by atoms with Crippen LogP contribution in [0.5, 0.6) is 5.75 Å². The van der Waals surface area contributed by atoms with E-state index in [0.29, 0.717) is 26.3 Å². The van der Waals surface area contributed by atoms with Crippen LogP contribution in [0, 0.1) is 0 Å². The predicted octanol–water partition coefficient (Wildman–Crippen LogP) is 4.72. The molecule has 5 nitrogen and oxygen atoms in total. The number of halogens is 1. The fourth-order valence-electron chi connectivity index (χ4n) is 3.96. The lowest BCUT2D eigenvalue weighted by atomic mass is 9.98. The molecule has 3 rings (SSSR count). The molecule has 0 fully saturated rings. The van der Waals surface area contributed by atoms with Gasteiger partial charge in [-0.3, -0.25) is 4.79 Å². The lowest BCUT2D eigenvalue weighted by Crippen LogP contribution is -2.29. The fourth-order valence-corrected chi connectivity index (χ4v) is 4.21. The summed E-state index contributed by atoms with van der Waals surface area (Å²) in [7, 11) is 0. The van der Waals surface area contributed by atoms with Crippen molar-refractivity contribution in [1.29, 1.82) is 0 Å². The standard InChI is InChI=1S/C24H30ClNO4/c1-3-17-5-4-6-22(25)20(17)16-29-19-7-8-21-18(15-19)9-11-24(21,2)30-14-13-26-12-10-23(27)28/h4-8,15,26H,3,9-14,16H2,1-2H3,(H,27,28)/t24-/m1/s1. The molecular weight excluding hydrogens is 402 g/mol. The molecule has 0 spiro atoms. The van der Waals surface area contributed by atoms with E-state index in [2.05, 4.69) is 37.4 Å². The molecular formula is C24H30ClNO4. The van der Waals surface area contributed by atoms with Gasteiger partial charge in [0.25, 0.3) is 0 Å². The van der Waals surface area contributed by atoms with Crippen molar-refractivity contribution in [1.82, 2.24) is 5.32 Å². The summed E-state index contributed by atoms with van der Waals surface area (Å²) in [6, 6.07) is 12.2. The van der Waals surface area contributed by atoms with Crippen LogP contribution in [-0.2, 0) is 34.6 Å². The van der Waals surface area contributed by atoms with Crippen molar-refractivity contribution in [2.45, 2.75) is 51.7 Å². The summed E-state index contributed by atoms with van der Waals surface area (Å²) in [5, 5.41) is 12.5. The van der Waals surface area contributed by atoms with Gasteiger partial charge in [0.2, 0.25) is 0 Å². The third-order valence-corrected chi connectivity index (χ3v) is 6.07. The Morgan fingerprint density at radius 2 is 2.10 bits per heavy atom. The van der Waals surface area contributed by atoms with Gasteiger partial charge in [-0.1, -0.05) is 36.7 Å². The number of carboxylic acid groups (broad SMARTS) is 1. The van der Waals surface area contributed by atoms with Crippen LogP contribution in [0.25, 0.3) is 0 Å².